The highest BCUT2D eigenvalue weighted by Gasteiger charge is 2.28. The van der Waals surface area contributed by atoms with Crippen LogP contribution in [0.1, 0.15) is 40.5 Å². The Labute approximate surface area is 164 Å². The molecule has 0 aromatic carbocycles. The second-order valence-electron chi connectivity index (χ2n) is 6.90. The van der Waals surface area contributed by atoms with E-state index in [9.17, 15) is 4.79 Å². The molecule has 4 heterocycles. The largest absolute Gasteiger partial charge is 0.480 e. The third kappa shape index (κ3) is 3.74. The van der Waals surface area contributed by atoms with E-state index < -0.39 is 0 Å². The van der Waals surface area contributed by atoms with Crippen LogP contribution in [-0.2, 0) is 6.54 Å². The fraction of sp³-hybridized carbons (Fsp3) is 0.333. The molecule has 1 fully saturated rings. The predicted molar refractivity (Wildman–Crippen MR) is 104 cm³/mol. The fourth-order valence-corrected chi connectivity index (χ4v) is 3.73. The Kier molecular flexibility index (Phi) is 5.32. The van der Waals surface area contributed by atoms with Crippen LogP contribution in [0.15, 0.2) is 55.2 Å². The summed E-state index contributed by atoms with van der Waals surface area (Å²) in [6.45, 7) is 2.18. The average Bonchev–Trinajstić information content (AvgIpc) is 3.22. The molecule has 7 nitrogen and oxygen atoms in total. The first-order valence-corrected chi connectivity index (χ1v) is 9.44. The van der Waals surface area contributed by atoms with Gasteiger partial charge in [-0.1, -0.05) is 0 Å². The molecule has 4 rings (SSSR count). The molecule has 1 saturated heterocycles. The van der Waals surface area contributed by atoms with Gasteiger partial charge in [0.2, 0.25) is 5.88 Å². The Hall–Kier alpha value is -3.22. The monoisotopic (exact) mass is 377 g/mol. The van der Waals surface area contributed by atoms with Crippen LogP contribution in [0.25, 0.3) is 0 Å². The topological polar surface area (TPSA) is 73.1 Å². The molecular formula is C21H23N5O2. The maximum absolute atomic E-state index is 12.9. The van der Waals surface area contributed by atoms with Crippen molar-refractivity contribution in [2.24, 2.45) is 0 Å². The number of likely N-dealkylation sites (tertiary alicyclic amines) is 1. The van der Waals surface area contributed by atoms with Gasteiger partial charge in [0.05, 0.1) is 7.11 Å². The molecule has 0 unspecified atom stereocenters. The van der Waals surface area contributed by atoms with Gasteiger partial charge in [0, 0.05) is 56.5 Å². The van der Waals surface area contributed by atoms with Crippen molar-refractivity contribution in [1.29, 1.82) is 0 Å². The molecular weight excluding hydrogens is 354 g/mol. The fourth-order valence-electron chi connectivity index (χ4n) is 3.73. The molecule has 1 aliphatic heterocycles. The van der Waals surface area contributed by atoms with Gasteiger partial charge in [-0.25, -0.2) is 9.97 Å². The van der Waals surface area contributed by atoms with E-state index in [-0.39, 0.29) is 5.91 Å². The summed E-state index contributed by atoms with van der Waals surface area (Å²) in [6, 6.07) is 7.57. The predicted octanol–water partition coefficient (Wildman–Crippen LogP) is 2.75. The SMILES string of the molecule is COc1ncccc1C(=O)N1CCC(c2nccn2Cc2ccncc2)CC1. The molecule has 0 atom stereocenters. The molecule has 1 aliphatic rings. The number of nitrogens with zero attached hydrogens (tertiary/aromatic N) is 5. The first kappa shape index (κ1) is 18.2. The van der Waals surface area contributed by atoms with E-state index in [1.54, 1.807) is 18.3 Å². The van der Waals surface area contributed by atoms with Crippen molar-refractivity contribution < 1.29 is 9.53 Å². The summed E-state index contributed by atoms with van der Waals surface area (Å²) in [5.74, 6) is 1.78. The summed E-state index contributed by atoms with van der Waals surface area (Å²) >= 11 is 0. The third-order valence-corrected chi connectivity index (χ3v) is 5.19. The molecule has 1 amide bonds. The van der Waals surface area contributed by atoms with Gasteiger partial charge in [0.15, 0.2) is 0 Å². The molecule has 0 bridgehead atoms. The number of rotatable bonds is 5. The molecule has 7 heteroatoms. The van der Waals surface area contributed by atoms with Crippen molar-refractivity contribution in [1.82, 2.24) is 24.4 Å². The lowest BCUT2D eigenvalue weighted by molar-refractivity contribution is 0.0706. The number of hydrogen-bond donors (Lipinski definition) is 0. The van der Waals surface area contributed by atoms with E-state index in [4.69, 9.17) is 4.74 Å². The third-order valence-electron chi connectivity index (χ3n) is 5.19. The number of piperidine rings is 1. The van der Waals surface area contributed by atoms with E-state index in [0.29, 0.717) is 30.5 Å². The summed E-state index contributed by atoms with van der Waals surface area (Å²) in [5.41, 5.74) is 1.72. The van der Waals surface area contributed by atoms with Crippen LogP contribution in [0.3, 0.4) is 0 Å². The smallest absolute Gasteiger partial charge is 0.259 e. The minimum atomic E-state index is -0.0245. The summed E-state index contributed by atoms with van der Waals surface area (Å²) in [5, 5.41) is 0. The van der Waals surface area contributed by atoms with Crippen LogP contribution in [0.2, 0.25) is 0 Å². The number of aromatic nitrogens is 4. The Balaban J connectivity index is 1.42. The Bertz CT molecular complexity index is 933. The van der Waals surface area contributed by atoms with Crippen LogP contribution in [0.4, 0.5) is 0 Å². The number of imidazole rings is 1. The lowest BCUT2D eigenvalue weighted by Crippen LogP contribution is -2.38. The van der Waals surface area contributed by atoms with Gasteiger partial charge in [-0.2, -0.15) is 0 Å². The molecule has 0 N–H and O–H groups in total. The highest BCUT2D eigenvalue weighted by molar-refractivity contribution is 5.96. The minimum Gasteiger partial charge on any atom is -0.480 e. The van der Waals surface area contributed by atoms with Gasteiger partial charge >= 0.3 is 0 Å². The number of pyridine rings is 2. The van der Waals surface area contributed by atoms with E-state index in [1.165, 1.54) is 12.7 Å². The molecule has 28 heavy (non-hydrogen) atoms. The summed E-state index contributed by atoms with van der Waals surface area (Å²) in [4.78, 5) is 27.6. The van der Waals surface area contributed by atoms with Crippen LogP contribution < -0.4 is 4.74 Å². The van der Waals surface area contributed by atoms with Gasteiger partial charge < -0.3 is 14.2 Å². The molecule has 3 aromatic heterocycles. The number of hydrogen-bond acceptors (Lipinski definition) is 5. The normalized spacial score (nSPS) is 14.8. The van der Waals surface area contributed by atoms with Gasteiger partial charge in [0.1, 0.15) is 11.4 Å². The van der Waals surface area contributed by atoms with E-state index in [0.717, 1.165) is 25.2 Å². The summed E-state index contributed by atoms with van der Waals surface area (Å²) in [7, 11) is 1.54. The zero-order valence-corrected chi connectivity index (χ0v) is 15.9. The van der Waals surface area contributed by atoms with Crippen LogP contribution in [-0.4, -0.2) is 50.5 Å². The van der Waals surface area contributed by atoms with Crippen LogP contribution in [0, 0.1) is 0 Å². The molecule has 0 aliphatic carbocycles. The van der Waals surface area contributed by atoms with Crippen molar-refractivity contribution in [3.8, 4) is 5.88 Å². The zero-order chi connectivity index (χ0) is 19.3. The first-order chi connectivity index (χ1) is 13.8. The second kappa shape index (κ2) is 8.21. The number of methoxy groups -OCH3 is 1. The highest BCUT2D eigenvalue weighted by atomic mass is 16.5. The van der Waals surface area contributed by atoms with Gasteiger partial charge in [-0.05, 0) is 42.7 Å². The zero-order valence-electron chi connectivity index (χ0n) is 15.9. The quantitative estimate of drug-likeness (QED) is 0.684. The molecule has 0 radical (unpaired) electrons. The molecule has 0 spiro atoms. The van der Waals surface area contributed by atoms with Crippen LogP contribution in [0.5, 0.6) is 5.88 Å². The second-order valence-corrected chi connectivity index (χ2v) is 6.90. The Morgan fingerprint density at radius 2 is 1.89 bits per heavy atom. The van der Waals surface area contributed by atoms with Crippen molar-refractivity contribution in [3.05, 3.63) is 72.2 Å². The number of carbonyl (C=O) groups is 1. The minimum absolute atomic E-state index is 0.0245. The molecule has 0 saturated carbocycles. The highest BCUT2D eigenvalue weighted by Crippen LogP contribution is 2.29. The van der Waals surface area contributed by atoms with E-state index in [2.05, 4.69) is 19.5 Å². The van der Waals surface area contributed by atoms with Crippen molar-refractivity contribution >= 4 is 5.91 Å². The summed E-state index contributed by atoms with van der Waals surface area (Å²) in [6.07, 6.45) is 10.9. The lowest BCUT2D eigenvalue weighted by atomic mass is 9.95. The maximum Gasteiger partial charge on any atom is 0.259 e. The average molecular weight is 377 g/mol. The standard InChI is InChI=1S/C21H23N5O2/c1-28-20-18(3-2-8-24-20)21(27)25-12-6-17(7-13-25)19-23-11-14-26(19)15-16-4-9-22-10-5-16/h2-5,8-11,14,17H,6-7,12-13,15H2,1H3. The van der Waals surface area contributed by atoms with Gasteiger partial charge in [0.25, 0.3) is 5.91 Å². The van der Waals surface area contributed by atoms with Crippen molar-refractivity contribution in [2.75, 3.05) is 20.2 Å². The van der Waals surface area contributed by atoms with E-state index in [1.807, 2.05) is 41.8 Å². The number of ether oxygens (including phenoxy) is 1. The van der Waals surface area contributed by atoms with Gasteiger partial charge in [-0.15, -0.1) is 0 Å². The van der Waals surface area contributed by atoms with Gasteiger partial charge in [-0.3, -0.25) is 9.78 Å². The Morgan fingerprint density at radius 1 is 1.11 bits per heavy atom. The number of carbonyl (C=O) groups excluding carboxylic acids is 1. The number of amides is 1. The molecule has 144 valence electrons. The van der Waals surface area contributed by atoms with Crippen molar-refractivity contribution in [2.45, 2.75) is 25.3 Å². The maximum atomic E-state index is 12.9. The van der Waals surface area contributed by atoms with Crippen LogP contribution >= 0.6 is 0 Å². The lowest BCUT2D eigenvalue weighted by Gasteiger charge is -2.32. The van der Waals surface area contributed by atoms with E-state index >= 15 is 0 Å². The first-order valence-electron chi connectivity index (χ1n) is 9.44. The summed E-state index contributed by atoms with van der Waals surface area (Å²) < 4.78 is 7.43. The molecule has 3 aromatic rings. The Morgan fingerprint density at radius 3 is 2.64 bits per heavy atom. The van der Waals surface area contributed by atoms with Crippen molar-refractivity contribution in [3.63, 3.8) is 0 Å².